The van der Waals surface area contributed by atoms with Gasteiger partial charge in [0.25, 0.3) is 0 Å². The predicted molar refractivity (Wildman–Crippen MR) is 114 cm³/mol. The first-order valence-electron chi connectivity index (χ1n) is 9.62. The largest absolute Gasteiger partial charge is 0.294 e. The molecule has 1 nitrogen and oxygen atoms in total. The second-order valence-electron chi connectivity index (χ2n) is 8.46. The second-order valence-corrected chi connectivity index (χ2v) is 15.5. The number of Topliss-reactive ketones (excluding diaryl/α,β-unsaturated/α-hetero) is 1. The third kappa shape index (κ3) is 3.42. The van der Waals surface area contributed by atoms with Gasteiger partial charge in [-0.1, -0.05) is 72.2 Å². The van der Waals surface area contributed by atoms with Crippen LogP contribution >= 0.6 is 11.8 Å². The van der Waals surface area contributed by atoms with Crippen LogP contribution < -0.4 is 0 Å². The van der Waals surface area contributed by atoms with Crippen molar-refractivity contribution in [2.24, 2.45) is 5.92 Å². The summed E-state index contributed by atoms with van der Waals surface area (Å²) < 4.78 is 0. The van der Waals surface area contributed by atoms with E-state index in [1.54, 1.807) is 11.8 Å². The SMILES string of the molecule is CC1=C([Si](C(C)C)(C(C)C)C(C)C)C(=O)[C@H](Sc2ccccc2)[C@@H]1C. The molecule has 138 valence electrons. The number of carbonyl (C=O) groups is 1. The van der Waals surface area contributed by atoms with Crippen molar-refractivity contribution in [2.75, 3.05) is 0 Å². The number of rotatable bonds is 6. The Kier molecular flexibility index (Phi) is 6.43. The molecule has 0 saturated carbocycles. The molecule has 0 spiro atoms. The van der Waals surface area contributed by atoms with Crippen molar-refractivity contribution in [3.63, 3.8) is 0 Å². The number of hydrogen-bond acceptors (Lipinski definition) is 2. The van der Waals surface area contributed by atoms with E-state index in [2.05, 4.69) is 79.7 Å². The molecule has 1 aromatic rings. The molecule has 0 aliphatic heterocycles. The molecule has 0 N–H and O–H groups in total. The molecule has 0 saturated heterocycles. The summed E-state index contributed by atoms with van der Waals surface area (Å²) in [4.78, 5) is 14.8. The Bertz CT molecular complexity index is 623. The highest BCUT2D eigenvalue weighted by atomic mass is 32.2. The lowest BCUT2D eigenvalue weighted by Gasteiger charge is -2.44. The van der Waals surface area contributed by atoms with Crippen LogP contribution in [0.1, 0.15) is 55.4 Å². The van der Waals surface area contributed by atoms with Crippen molar-refractivity contribution in [2.45, 2.75) is 82.2 Å². The van der Waals surface area contributed by atoms with Gasteiger partial charge >= 0.3 is 0 Å². The van der Waals surface area contributed by atoms with E-state index in [9.17, 15) is 4.79 Å². The van der Waals surface area contributed by atoms with E-state index in [1.807, 2.05) is 6.07 Å². The van der Waals surface area contributed by atoms with Crippen LogP contribution in [0, 0.1) is 5.92 Å². The van der Waals surface area contributed by atoms with Gasteiger partial charge in [0, 0.05) is 4.90 Å². The molecule has 1 aromatic carbocycles. The molecule has 0 aromatic heterocycles. The minimum atomic E-state index is -1.90. The van der Waals surface area contributed by atoms with Crippen LogP contribution in [-0.2, 0) is 4.79 Å². The quantitative estimate of drug-likeness (QED) is 0.504. The number of carbonyl (C=O) groups excluding carboxylic acids is 1. The Morgan fingerprint density at radius 3 is 1.84 bits per heavy atom. The van der Waals surface area contributed by atoms with E-state index >= 15 is 0 Å². The van der Waals surface area contributed by atoms with E-state index in [-0.39, 0.29) is 5.25 Å². The summed E-state index contributed by atoms with van der Waals surface area (Å²) in [5.74, 6) is 0.762. The highest BCUT2D eigenvalue weighted by Crippen LogP contribution is 2.53. The normalized spacial score (nSPS) is 22.0. The topological polar surface area (TPSA) is 17.1 Å². The number of benzene rings is 1. The maximum Gasteiger partial charge on any atom is 0.168 e. The average molecular weight is 375 g/mol. The molecular weight excluding hydrogens is 340 g/mol. The molecule has 0 fully saturated rings. The Morgan fingerprint density at radius 2 is 1.40 bits per heavy atom. The van der Waals surface area contributed by atoms with Crippen molar-refractivity contribution in [3.05, 3.63) is 41.1 Å². The molecule has 3 heteroatoms. The van der Waals surface area contributed by atoms with Crippen LogP contribution in [0.5, 0.6) is 0 Å². The number of allylic oxidation sites excluding steroid dienone is 2. The summed E-state index contributed by atoms with van der Waals surface area (Å²) in [5.41, 5.74) is 3.11. The molecule has 0 radical (unpaired) electrons. The summed E-state index contributed by atoms with van der Waals surface area (Å²) in [5, 5.41) is 1.31. The highest BCUT2D eigenvalue weighted by Gasteiger charge is 2.53. The highest BCUT2D eigenvalue weighted by molar-refractivity contribution is 8.00. The van der Waals surface area contributed by atoms with E-state index in [0.717, 1.165) is 0 Å². The van der Waals surface area contributed by atoms with Crippen LogP contribution in [-0.4, -0.2) is 19.1 Å². The number of hydrogen-bond donors (Lipinski definition) is 0. The zero-order chi connectivity index (χ0) is 18.9. The zero-order valence-electron chi connectivity index (χ0n) is 17.1. The second kappa shape index (κ2) is 7.83. The fourth-order valence-electron chi connectivity index (χ4n) is 5.24. The Morgan fingerprint density at radius 1 is 0.920 bits per heavy atom. The zero-order valence-corrected chi connectivity index (χ0v) is 18.9. The third-order valence-corrected chi connectivity index (χ3v) is 15.0. The lowest BCUT2D eigenvalue weighted by atomic mass is 10.1. The van der Waals surface area contributed by atoms with Gasteiger partial charge < -0.3 is 0 Å². The molecule has 0 amide bonds. The molecule has 2 atom stereocenters. The molecular formula is C22H34OSSi. The average Bonchev–Trinajstić information content (AvgIpc) is 2.74. The molecule has 25 heavy (non-hydrogen) atoms. The number of thioether (sulfide) groups is 1. The summed E-state index contributed by atoms with van der Waals surface area (Å²) in [6.45, 7) is 18.6. The molecule has 0 unspecified atom stereocenters. The van der Waals surface area contributed by atoms with Gasteiger partial charge in [-0.05, 0) is 46.8 Å². The molecule has 2 rings (SSSR count). The van der Waals surface area contributed by atoms with Gasteiger partial charge in [-0.3, -0.25) is 4.79 Å². The standard InChI is InChI=1S/C22H34OSSi/c1-14(2)25(15(3)4,16(5)6)22-18(8)17(7)21(20(22)23)24-19-12-10-9-11-13-19/h9-17,21H,1-8H3/t17-,21-/m1/s1. The summed E-state index contributed by atoms with van der Waals surface area (Å²) in [6.07, 6.45) is 0. The lowest BCUT2D eigenvalue weighted by molar-refractivity contribution is -0.114. The van der Waals surface area contributed by atoms with Crippen molar-refractivity contribution in [1.29, 1.82) is 0 Å². The Balaban J connectivity index is 2.48. The molecule has 1 aliphatic carbocycles. The number of ketones is 1. The van der Waals surface area contributed by atoms with Gasteiger partial charge in [-0.15, -0.1) is 11.8 Å². The van der Waals surface area contributed by atoms with E-state index < -0.39 is 8.07 Å². The minimum absolute atomic E-state index is 0.0422. The minimum Gasteiger partial charge on any atom is -0.294 e. The van der Waals surface area contributed by atoms with Crippen LogP contribution in [0.25, 0.3) is 0 Å². The van der Waals surface area contributed by atoms with Crippen LogP contribution in [0.3, 0.4) is 0 Å². The first kappa shape index (κ1) is 20.5. The van der Waals surface area contributed by atoms with Gasteiger partial charge in [0.05, 0.1) is 13.3 Å². The monoisotopic (exact) mass is 374 g/mol. The van der Waals surface area contributed by atoms with Crippen molar-refractivity contribution < 1.29 is 4.79 Å². The summed E-state index contributed by atoms with van der Waals surface area (Å²) >= 11 is 1.76. The van der Waals surface area contributed by atoms with Gasteiger partial charge in [0.15, 0.2) is 5.78 Å². The maximum absolute atomic E-state index is 13.6. The van der Waals surface area contributed by atoms with Crippen molar-refractivity contribution >= 4 is 25.6 Å². The predicted octanol–water partition coefficient (Wildman–Crippen LogP) is 6.90. The van der Waals surface area contributed by atoms with Gasteiger partial charge in [-0.2, -0.15) is 0 Å². The van der Waals surface area contributed by atoms with Gasteiger partial charge in [0.1, 0.15) is 0 Å². The van der Waals surface area contributed by atoms with E-state index in [0.29, 0.717) is 28.3 Å². The Labute approximate surface area is 159 Å². The van der Waals surface area contributed by atoms with E-state index in [1.165, 1.54) is 15.7 Å². The molecule has 1 aliphatic rings. The summed E-state index contributed by atoms with van der Waals surface area (Å²) in [6, 6.07) is 10.4. The van der Waals surface area contributed by atoms with Crippen molar-refractivity contribution in [3.8, 4) is 0 Å². The summed E-state index contributed by atoms with van der Waals surface area (Å²) in [7, 11) is -1.90. The van der Waals surface area contributed by atoms with Crippen LogP contribution in [0.15, 0.2) is 46.0 Å². The first-order valence-corrected chi connectivity index (χ1v) is 12.7. The molecule has 0 bridgehead atoms. The van der Waals surface area contributed by atoms with Gasteiger partial charge in [0.2, 0.25) is 0 Å². The smallest absolute Gasteiger partial charge is 0.168 e. The maximum atomic E-state index is 13.6. The van der Waals surface area contributed by atoms with E-state index in [4.69, 9.17) is 0 Å². The fraction of sp³-hybridized carbons (Fsp3) is 0.591. The van der Waals surface area contributed by atoms with Gasteiger partial charge in [-0.25, -0.2) is 0 Å². The first-order chi connectivity index (χ1) is 11.7. The van der Waals surface area contributed by atoms with Crippen LogP contribution in [0.4, 0.5) is 0 Å². The van der Waals surface area contributed by atoms with Crippen molar-refractivity contribution in [1.82, 2.24) is 0 Å². The fourth-order valence-corrected chi connectivity index (χ4v) is 13.8. The third-order valence-electron chi connectivity index (χ3n) is 6.34. The van der Waals surface area contributed by atoms with Crippen LogP contribution in [0.2, 0.25) is 16.6 Å². The molecule has 0 heterocycles. The lowest BCUT2D eigenvalue weighted by Crippen LogP contribution is -2.49. The Hall–Kier alpha value is -0.803.